The lowest BCUT2D eigenvalue weighted by Crippen LogP contribution is -2.42. The van der Waals surface area contributed by atoms with E-state index in [4.69, 9.17) is 11.6 Å². The standard InChI is InChI=1S/C24H18ClN3O2S/c25-22-15-19(28-12-13-31(28)30)8-9-21(22)24(29)27-18-6-3-5-17(14-18)23-20-7-2-1-4-16(20)10-11-26-23/h1-11,14-15H,12-13H2,(H,27,29). The molecule has 1 fully saturated rings. The van der Waals surface area contributed by atoms with Crippen LogP contribution in [0.4, 0.5) is 11.4 Å². The number of nitrogens with zero attached hydrogens (tertiary/aromatic N) is 2. The van der Waals surface area contributed by atoms with Gasteiger partial charge in [-0.2, -0.15) is 0 Å². The number of aromatic nitrogens is 1. The van der Waals surface area contributed by atoms with Gasteiger partial charge in [0.2, 0.25) is 0 Å². The molecule has 31 heavy (non-hydrogen) atoms. The molecule has 1 N–H and O–H groups in total. The third-order valence-corrected chi connectivity index (χ3v) is 7.00. The van der Waals surface area contributed by atoms with Crippen molar-refractivity contribution in [1.29, 1.82) is 0 Å². The summed E-state index contributed by atoms with van der Waals surface area (Å²) in [6.07, 6.45) is 1.79. The van der Waals surface area contributed by atoms with Gasteiger partial charge in [0, 0.05) is 29.4 Å². The van der Waals surface area contributed by atoms with Gasteiger partial charge in [0.25, 0.3) is 5.91 Å². The Bertz CT molecular complexity index is 1340. The lowest BCUT2D eigenvalue weighted by Gasteiger charge is -2.31. The number of benzene rings is 3. The molecular formula is C24H18ClN3O2S. The largest absolute Gasteiger partial charge is 0.322 e. The summed E-state index contributed by atoms with van der Waals surface area (Å²) in [6, 6.07) is 22.8. The molecular weight excluding hydrogens is 430 g/mol. The van der Waals surface area contributed by atoms with E-state index in [0.717, 1.165) is 34.3 Å². The van der Waals surface area contributed by atoms with E-state index in [-0.39, 0.29) is 5.91 Å². The maximum atomic E-state index is 12.8. The zero-order valence-corrected chi connectivity index (χ0v) is 18.0. The number of fused-ring (bicyclic) bond motifs is 1. The van der Waals surface area contributed by atoms with E-state index in [0.29, 0.717) is 22.0 Å². The van der Waals surface area contributed by atoms with Gasteiger partial charge in [0.05, 0.1) is 27.7 Å². The molecule has 1 aliphatic rings. The smallest absolute Gasteiger partial charge is 0.257 e. The van der Waals surface area contributed by atoms with Crippen molar-refractivity contribution in [3.8, 4) is 11.3 Å². The van der Waals surface area contributed by atoms with Crippen molar-refractivity contribution in [3.05, 3.63) is 89.6 Å². The van der Waals surface area contributed by atoms with E-state index in [1.807, 2.05) is 54.6 Å². The number of carbonyl (C=O) groups is 1. The fraction of sp³-hybridized carbons (Fsp3) is 0.0833. The van der Waals surface area contributed by atoms with Gasteiger partial charge in [-0.25, -0.2) is 4.21 Å². The van der Waals surface area contributed by atoms with E-state index < -0.39 is 11.0 Å². The summed E-state index contributed by atoms with van der Waals surface area (Å²) in [7, 11) is -1.00. The zero-order valence-electron chi connectivity index (χ0n) is 16.4. The van der Waals surface area contributed by atoms with Crippen LogP contribution in [0.15, 0.2) is 79.0 Å². The van der Waals surface area contributed by atoms with Crippen LogP contribution in [0.1, 0.15) is 10.4 Å². The minimum absolute atomic E-state index is 0.302. The van der Waals surface area contributed by atoms with Crippen molar-refractivity contribution in [2.24, 2.45) is 0 Å². The van der Waals surface area contributed by atoms with Gasteiger partial charge in [0.15, 0.2) is 0 Å². The van der Waals surface area contributed by atoms with Gasteiger partial charge in [-0.15, -0.1) is 0 Å². The molecule has 1 aromatic heterocycles. The highest BCUT2D eigenvalue weighted by Gasteiger charge is 2.24. The van der Waals surface area contributed by atoms with Gasteiger partial charge >= 0.3 is 0 Å². The predicted molar refractivity (Wildman–Crippen MR) is 127 cm³/mol. The molecule has 1 saturated heterocycles. The molecule has 7 heteroatoms. The lowest BCUT2D eigenvalue weighted by molar-refractivity contribution is 0.102. The molecule has 2 heterocycles. The predicted octanol–water partition coefficient (Wildman–Crippen LogP) is 5.29. The summed E-state index contributed by atoms with van der Waals surface area (Å²) in [5, 5.41) is 5.40. The van der Waals surface area contributed by atoms with E-state index in [1.165, 1.54) is 0 Å². The SMILES string of the molecule is O=C(Nc1cccc(-c2nccc3ccccc23)c1)c1ccc(N2CCS2=O)cc1Cl. The molecule has 0 radical (unpaired) electrons. The Hall–Kier alpha value is -3.22. The Kier molecular flexibility index (Phi) is 5.18. The number of halogens is 1. The molecule has 1 unspecified atom stereocenters. The number of hydrogen-bond donors (Lipinski definition) is 1. The molecule has 0 bridgehead atoms. The van der Waals surface area contributed by atoms with Gasteiger partial charge in [-0.3, -0.25) is 14.1 Å². The van der Waals surface area contributed by atoms with Gasteiger partial charge < -0.3 is 5.32 Å². The van der Waals surface area contributed by atoms with Crippen LogP contribution in [0.2, 0.25) is 5.02 Å². The molecule has 1 aliphatic heterocycles. The second-order valence-electron chi connectivity index (χ2n) is 7.21. The van der Waals surface area contributed by atoms with Gasteiger partial charge in [-0.1, -0.05) is 48.0 Å². The van der Waals surface area contributed by atoms with Crippen LogP contribution in [0.5, 0.6) is 0 Å². The van der Waals surface area contributed by atoms with Crippen LogP contribution in [0.25, 0.3) is 22.0 Å². The molecule has 5 nitrogen and oxygen atoms in total. The maximum Gasteiger partial charge on any atom is 0.257 e. The number of carbonyl (C=O) groups excluding carboxylic acids is 1. The summed E-state index contributed by atoms with van der Waals surface area (Å²) in [5.41, 5.74) is 3.55. The molecule has 0 spiro atoms. The summed E-state index contributed by atoms with van der Waals surface area (Å²) in [4.78, 5) is 17.4. The molecule has 1 atom stereocenters. The first-order valence-corrected chi connectivity index (χ1v) is 11.5. The average molecular weight is 448 g/mol. The van der Waals surface area contributed by atoms with Crippen molar-refractivity contribution in [2.45, 2.75) is 0 Å². The molecule has 5 rings (SSSR count). The van der Waals surface area contributed by atoms with Crippen molar-refractivity contribution in [1.82, 2.24) is 4.98 Å². The minimum atomic E-state index is -1.00. The Morgan fingerprint density at radius 1 is 1.03 bits per heavy atom. The van der Waals surface area contributed by atoms with Crippen LogP contribution in [-0.4, -0.2) is 27.4 Å². The minimum Gasteiger partial charge on any atom is -0.322 e. The fourth-order valence-corrected chi connectivity index (χ4v) is 4.76. The molecule has 154 valence electrons. The van der Waals surface area contributed by atoms with E-state index >= 15 is 0 Å². The Labute approximate surface area is 187 Å². The molecule has 0 aliphatic carbocycles. The van der Waals surface area contributed by atoms with Crippen molar-refractivity contribution < 1.29 is 9.00 Å². The first-order chi connectivity index (χ1) is 15.1. The molecule has 4 aromatic rings. The van der Waals surface area contributed by atoms with Crippen molar-refractivity contribution in [2.75, 3.05) is 21.9 Å². The fourth-order valence-electron chi connectivity index (χ4n) is 3.64. The van der Waals surface area contributed by atoms with Crippen LogP contribution in [0.3, 0.4) is 0 Å². The molecule has 3 aromatic carbocycles. The number of hydrogen-bond acceptors (Lipinski definition) is 3. The van der Waals surface area contributed by atoms with Crippen LogP contribution in [0, 0.1) is 0 Å². The highest BCUT2D eigenvalue weighted by Crippen LogP contribution is 2.30. The summed E-state index contributed by atoms with van der Waals surface area (Å²) in [5.74, 6) is 0.353. The highest BCUT2D eigenvalue weighted by molar-refractivity contribution is 7.88. The first kappa shape index (κ1) is 19.7. The monoisotopic (exact) mass is 447 g/mol. The second-order valence-corrected chi connectivity index (χ2v) is 9.11. The van der Waals surface area contributed by atoms with E-state index in [2.05, 4.69) is 10.3 Å². The lowest BCUT2D eigenvalue weighted by atomic mass is 10.0. The quantitative estimate of drug-likeness (QED) is 0.462. The third-order valence-electron chi connectivity index (χ3n) is 5.27. The topological polar surface area (TPSA) is 62.3 Å². The van der Waals surface area contributed by atoms with Crippen LogP contribution in [-0.2, 0) is 11.0 Å². The summed E-state index contributed by atoms with van der Waals surface area (Å²) >= 11 is 6.36. The maximum absolute atomic E-state index is 12.8. The van der Waals surface area contributed by atoms with Crippen molar-refractivity contribution >= 4 is 50.6 Å². The molecule has 1 amide bonds. The number of amides is 1. The number of nitrogens with one attached hydrogen (secondary N) is 1. The van der Waals surface area contributed by atoms with Crippen LogP contribution < -0.4 is 9.62 Å². The van der Waals surface area contributed by atoms with E-state index in [9.17, 15) is 9.00 Å². The normalized spacial score (nSPS) is 15.5. The highest BCUT2D eigenvalue weighted by atomic mass is 35.5. The number of anilines is 2. The third kappa shape index (κ3) is 3.80. The van der Waals surface area contributed by atoms with Gasteiger partial charge in [0.1, 0.15) is 11.0 Å². The zero-order chi connectivity index (χ0) is 21.4. The van der Waals surface area contributed by atoms with Crippen molar-refractivity contribution in [3.63, 3.8) is 0 Å². The summed E-state index contributed by atoms with van der Waals surface area (Å²) in [6.45, 7) is 0.726. The Balaban J connectivity index is 1.41. The Morgan fingerprint density at radius 3 is 2.68 bits per heavy atom. The van der Waals surface area contributed by atoms with Crippen LogP contribution >= 0.6 is 11.6 Å². The first-order valence-electron chi connectivity index (χ1n) is 9.81. The van der Waals surface area contributed by atoms with E-state index in [1.54, 1.807) is 28.7 Å². The Morgan fingerprint density at radius 2 is 1.90 bits per heavy atom. The van der Waals surface area contributed by atoms with Gasteiger partial charge in [-0.05, 0) is 41.8 Å². The summed E-state index contributed by atoms with van der Waals surface area (Å²) < 4.78 is 13.5. The molecule has 0 saturated carbocycles. The number of rotatable bonds is 4. The number of pyridine rings is 1. The second kappa shape index (κ2) is 8.13. The average Bonchev–Trinajstić information content (AvgIpc) is 2.78.